The molecule has 0 aliphatic heterocycles. The van der Waals surface area contributed by atoms with E-state index in [0.717, 1.165) is 33.8 Å². The number of fused-ring (bicyclic) bond motifs is 6. The monoisotopic (exact) mass is 340 g/mol. The van der Waals surface area contributed by atoms with Crippen LogP contribution in [-0.4, -0.2) is 9.61 Å². The molecule has 0 amide bonds. The van der Waals surface area contributed by atoms with Crippen molar-refractivity contribution < 1.29 is 4.42 Å². The number of hydrogen-bond donors (Lipinski definition) is 0. The van der Waals surface area contributed by atoms with Gasteiger partial charge in [0.1, 0.15) is 11.5 Å². The molecule has 2 aromatic carbocycles. The molecule has 0 aliphatic rings. The summed E-state index contributed by atoms with van der Waals surface area (Å²) in [6.07, 6.45) is 0. The predicted octanol–water partition coefficient (Wildman–Crippen LogP) is 6.13. The molecular formula is C23H20N2O. The highest BCUT2D eigenvalue weighted by Crippen LogP contribution is 2.39. The van der Waals surface area contributed by atoms with Crippen molar-refractivity contribution in [1.29, 1.82) is 0 Å². The molecule has 3 nitrogen and oxygen atoms in total. The first kappa shape index (κ1) is 15.2. The van der Waals surface area contributed by atoms with Gasteiger partial charge in [-0.2, -0.15) is 5.10 Å². The highest BCUT2D eigenvalue weighted by molar-refractivity contribution is 6.17. The Balaban J connectivity index is 2.06. The van der Waals surface area contributed by atoms with Crippen LogP contribution in [-0.2, 0) is 0 Å². The standard InChI is InChI=1S/C23H20N2O/c1-13-12-21-17-8-5-6-9-18(17)22-19(10-7-11-20(22)25(21)24-13)23-15(3)14(2)16(4)26-23/h5-12H,1-4H3. The van der Waals surface area contributed by atoms with Crippen LogP contribution in [0, 0.1) is 27.7 Å². The normalized spacial score (nSPS) is 11.8. The van der Waals surface area contributed by atoms with E-state index in [1.807, 2.05) is 13.8 Å². The van der Waals surface area contributed by atoms with Gasteiger partial charge in [-0.1, -0.05) is 36.4 Å². The minimum Gasteiger partial charge on any atom is -0.461 e. The van der Waals surface area contributed by atoms with Crippen LogP contribution in [0.5, 0.6) is 0 Å². The molecule has 0 spiro atoms. The number of pyridine rings is 1. The van der Waals surface area contributed by atoms with Gasteiger partial charge in [-0.05, 0) is 56.3 Å². The van der Waals surface area contributed by atoms with Gasteiger partial charge in [0.05, 0.1) is 16.7 Å². The zero-order valence-electron chi connectivity index (χ0n) is 15.4. The Morgan fingerprint density at radius 3 is 2.31 bits per heavy atom. The zero-order chi connectivity index (χ0) is 18.0. The lowest BCUT2D eigenvalue weighted by molar-refractivity contribution is 0.545. The van der Waals surface area contributed by atoms with Crippen molar-refractivity contribution in [2.24, 2.45) is 0 Å². The smallest absolute Gasteiger partial charge is 0.138 e. The Kier molecular flexibility index (Phi) is 3.05. The first-order valence-electron chi connectivity index (χ1n) is 8.93. The van der Waals surface area contributed by atoms with Crippen molar-refractivity contribution in [1.82, 2.24) is 9.61 Å². The lowest BCUT2D eigenvalue weighted by Crippen LogP contribution is -1.94. The second-order valence-corrected chi connectivity index (χ2v) is 7.07. The fraction of sp³-hybridized carbons (Fsp3) is 0.174. The third kappa shape index (κ3) is 1.91. The van der Waals surface area contributed by atoms with E-state index in [-0.39, 0.29) is 0 Å². The second kappa shape index (κ2) is 5.21. The molecule has 0 bridgehead atoms. The SMILES string of the molecule is Cc1cc2c3ccccc3c3c(-c4oc(C)c(C)c4C)cccc3n2n1. The summed E-state index contributed by atoms with van der Waals surface area (Å²) >= 11 is 0. The lowest BCUT2D eigenvalue weighted by atomic mass is 9.97. The first-order valence-corrected chi connectivity index (χ1v) is 8.93. The van der Waals surface area contributed by atoms with E-state index in [1.165, 1.54) is 27.3 Å². The lowest BCUT2D eigenvalue weighted by Gasteiger charge is -2.12. The van der Waals surface area contributed by atoms with Gasteiger partial charge in [-0.3, -0.25) is 0 Å². The van der Waals surface area contributed by atoms with E-state index >= 15 is 0 Å². The van der Waals surface area contributed by atoms with E-state index in [2.05, 4.69) is 66.9 Å². The Bertz CT molecular complexity index is 1320. The summed E-state index contributed by atoms with van der Waals surface area (Å²) in [5.74, 6) is 1.94. The van der Waals surface area contributed by atoms with Crippen molar-refractivity contribution in [3.63, 3.8) is 0 Å². The maximum atomic E-state index is 6.18. The van der Waals surface area contributed by atoms with Gasteiger partial charge in [0.25, 0.3) is 0 Å². The van der Waals surface area contributed by atoms with Crippen LogP contribution in [0.15, 0.2) is 52.9 Å². The number of rotatable bonds is 1. The molecule has 0 saturated carbocycles. The van der Waals surface area contributed by atoms with Crippen LogP contribution in [0.3, 0.4) is 0 Å². The number of aromatic nitrogens is 2. The summed E-state index contributed by atoms with van der Waals surface area (Å²) in [5, 5.41) is 8.39. The van der Waals surface area contributed by atoms with Gasteiger partial charge >= 0.3 is 0 Å². The Hall–Kier alpha value is -3.07. The fourth-order valence-corrected chi connectivity index (χ4v) is 3.99. The van der Waals surface area contributed by atoms with Gasteiger partial charge in [-0.15, -0.1) is 0 Å². The van der Waals surface area contributed by atoms with Crippen LogP contribution >= 0.6 is 0 Å². The van der Waals surface area contributed by atoms with Gasteiger partial charge < -0.3 is 4.42 Å². The van der Waals surface area contributed by atoms with Crippen molar-refractivity contribution >= 4 is 27.2 Å². The van der Waals surface area contributed by atoms with E-state index in [1.54, 1.807) is 0 Å². The summed E-state index contributed by atoms with van der Waals surface area (Å²) in [7, 11) is 0. The molecule has 5 rings (SSSR count). The van der Waals surface area contributed by atoms with E-state index < -0.39 is 0 Å². The average molecular weight is 340 g/mol. The molecule has 0 atom stereocenters. The van der Waals surface area contributed by atoms with Crippen molar-refractivity contribution in [3.05, 3.63) is 71.1 Å². The molecule has 0 N–H and O–H groups in total. The van der Waals surface area contributed by atoms with Crippen LogP contribution in [0.2, 0.25) is 0 Å². The number of furan rings is 1. The molecule has 0 aliphatic carbocycles. The second-order valence-electron chi connectivity index (χ2n) is 7.07. The number of nitrogens with zero attached hydrogens (tertiary/aromatic N) is 2. The Morgan fingerprint density at radius 2 is 1.58 bits per heavy atom. The van der Waals surface area contributed by atoms with Crippen LogP contribution in [0.1, 0.15) is 22.6 Å². The van der Waals surface area contributed by atoms with Crippen molar-refractivity contribution in [3.8, 4) is 11.3 Å². The molecule has 3 aromatic heterocycles. The Labute approximate surface area is 151 Å². The highest BCUT2D eigenvalue weighted by Gasteiger charge is 2.18. The summed E-state index contributed by atoms with van der Waals surface area (Å²) in [6.45, 7) is 8.33. The molecular weight excluding hydrogens is 320 g/mol. The largest absolute Gasteiger partial charge is 0.461 e. The number of hydrogen-bond acceptors (Lipinski definition) is 2. The van der Waals surface area contributed by atoms with E-state index in [0.29, 0.717) is 0 Å². The molecule has 0 radical (unpaired) electrons. The van der Waals surface area contributed by atoms with Crippen molar-refractivity contribution in [2.75, 3.05) is 0 Å². The van der Waals surface area contributed by atoms with Gasteiger partial charge in [0.15, 0.2) is 0 Å². The first-order chi connectivity index (χ1) is 12.6. The number of benzene rings is 2. The Morgan fingerprint density at radius 1 is 0.808 bits per heavy atom. The molecule has 5 aromatic rings. The highest BCUT2D eigenvalue weighted by atomic mass is 16.3. The molecule has 128 valence electrons. The predicted molar refractivity (Wildman–Crippen MR) is 107 cm³/mol. The molecule has 26 heavy (non-hydrogen) atoms. The zero-order valence-corrected chi connectivity index (χ0v) is 15.4. The maximum Gasteiger partial charge on any atom is 0.138 e. The third-order valence-corrected chi connectivity index (χ3v) is 5.51. The molecule has 0 saturated heterocycles. The minimum atomic E-state index is 0.957. The summed E-state index contributed by atoms with van der Waals surface area (Å²) in [6, 6.07) is 17.1. The molecule has 0 unspecified atom stereocenters. The topological polar surface area (TPSA) is 30.4 Å². The minimum absolute atomic E-state index is 0.957. The molecule has 3 heteroatoms. The van der Waals surface area contributed by atoms with Gasteiger partial charge in [0, 0.05) is 16.3 Å². The maximum absolute atomic E-state index is 6.18. The van der Waals surface area contributed by atoms with Crippen LogP contribution in [0.25, 0.3) is 38.5 Å². The van der Waals surface area contributed by atoms with Crippen LogP contribution < -0.4 is 0 Å². The average Bonchev–Trinajstić information content (AvgIpc) is 3.17. The molecule has 0 fully saturated rings. The van der Waals surface area contributed by atoms with Crippen molar-refractivity contribution in [2.45, 2.75) is 27.7 Å². The number of aryl methyl sites for hydroxylation is 2. The molecule has 3 heterocycles. The quantitative estimate of drug-likeness (QED) is 0.343. The third-order valence-electron chi connectivity index (χ3n) is 5.51. The summed E-state index contributed by atoms with van der Waals surface area (Å²) in [4.78, 5) is 0. The fourth-order valence-electron chi connectivity index (χ4n) is 3.99. The van der Waals surface area contributed by atoms with E-state index in [9.17, 15) is 0 Å². The van der Waals surface area contributed by atoms with E-state index in [4.69, 9.17) is 9.52 Å². The van der Waals surface area contributed by atoms with Gasteiger partial charge in [-0.25, -0.2) is 4.52 Å². The summed E-state index contributed by atoms with van der Waals surface area (Å²) in [5.41, 5.74) is 6.83. The summed E-state index contributed by atoms with van der Waals surface area (Å²) < 4.78 is 8.24. The van der Waals surface area contributed by atoms with Crippen LogP contribution in [0.4, 0.5) is 0 Å². The van der Waals surface area contributed by atoms with Gasteiger partial charge in [0.2, 0.25) is 0 Å².